The van der Waals surface area contributed by atoms with Crippen molar-refractivity contribution >= 4 is 41.1 Å². The van der Waals surface area contributed by atoms with Gasteiger partial charge in [0.2, 0.25) is 5.91 Å². The maximum atomic E-state index is 12.1. The molecule has 0 aromatic heterocycles. The first kappa shape index (κ1) is 20.2. The Labute approximate surface area is 162 Å². The molecule has 3 amide bonds. The van der Waals surface area contributed by atoms with Crippen LogP contribution in [-0.4, -0.2) is 17.7 Å². The molecule has 2 aromatic carbocycles. The van der Waals surface area contributed by atoms with Crippen LogP contribution in [0.15, 0.2) is 54.6 Å². The second kappa shape index (κ2) is 9.54. The summed E-state index contributed by atoms with van der Waals surface area (Å²) in [7, 11) is 0. The van der Waals surface area contributed by atoms with E-state index in [1.54, 1.807) is 68.5 Å². The Morgan fingerprint density at radius 3 is 2.15 bits per heavy atom. The van der Waals surface area contributed by atoms with E-state index in [1.807, 2.05) is 0 Å². The molecular formula is C20H20ClN3O3. The van der Waals surface area contributed by atoms with Gasteiger partial charge in [-0.2, -0.15) is 0 Å². The molecule has 0 fully saturated rings. The van der Waals surface area contributed by atoms with Crippen LogP contribution in [0.25, 0.3) is 6.08 Å². The number of hydrogen-bond donors (Lipinski definition) is 3. The van der Waals surface area contributed by atoms with Crippen molar-refractivity contribution in [2.24, 2.45) is 5.92 Å². The highest BCUT2D eigenvalue weighted by atomic mass is 35.5. The number of carbonyl (C=O) groups excluding carboxylic acids is 3. The SMILES string of the molecule is CC(C)C(=O)Nc1ccc(C(=O)NNC(=O)/C=C/c2ccc(Cl)cc2)cc1. The van der Waals surface area contributed by atoms with E-state index in [0.29, 0.717) is 16.3 Å². The van der Waals surface area contributed by atoms with Crippen LogP contribution in [0.5, 0.6) is 0 Å². The minimum atomic E-state index is -0.473. The number of hydrogen-bond acceptors (Lipinski definition) is 3. The molecule has 0 aliphatic rings. The fourth-order valence-corrected chi connectivity index (χ4v) is 2.10. The highest BCUT2D eigenvalue weighted by Crippen LogP contribution is 2.11. The maximum Gasteiger partial charge on any atom is 0.269 e. The second-order valence-electron chi connectivity index (χ2n) is 6.05. The predicted octanol–water partition coefficient (Wildman–Crippen LogP) is 3.41. The standard InChI is InChI=1S/C20H20ClN3O3/c1-13(2)19(26)22-17-10-6-15(7-11-17)20(27)24-23-18(25)12-5-14-3-8-16(21)9-4-14/h3-13H,1-2H3,(H,22,26)(H,23,25)(H,24,27)/b12-5+. The Kier molecular flexibility index (Phi) is 7.14. The van der Waals surface area contributed by atoms with Gasteiger partial charge in [0.1, 0.15) is 0 Å². The van der Waals surface area contributed by atoms with Gasteiger partial charge < -0.3 is 5.32 Å². The van der Waals surface area contributed by atoms with E-state index in [-0.39, 0.29) is 11.8 Å². The van der Waals surface area contributed by atoms with Gasteiger partial charge in [-0.1, -0.05) is 37.6 Å². The lowest BCUT2D eigenvalue weighted by Crippen LogP contribution is -2.40. The minimum absolute atomic E-state index is 0.105. The van der Waals surface area contributed by atoms with E-state index in [2.05, 4.69) is 16.2 Å². The summed E-state index contributed by atoms with van der Waals surface area (Å²) in [5.74, 6) is -1.18. The highest BCUT2D eigenvalue weighted by Gasteiger charge is 2.09. The monoisotopic (exact) mass is 385 g/mol. The molecule has 7 heteroatoms. The third-order valence-corrected chi connectivity index (χ3v) is 3.79. The molecular weight excluding hydrogens is 366 g/mol. The van der Waals surface area contributed by atoms with Crippen LogP contribution in [0.1, 0.15) is 29.8 Å². The highest BCUT2D eigenvalue weighted by molar-refractivity contribution is 6.30. The summed E-state index contributed by atoms with van der Waals surface area (Å²) in [5, 5.41) is 3.35. The maximum absolute atomic E-state index is 12.1. The van der Waals surface area contributed by atoms with Gasteiger partial charge in [-0.15, -0.1) is 0 Å². The zero-order valence-corrected chi connectivity index (χ0v) is 15.7. The molecule has 2 aromatic rings. The molecule has 140 valence electrons. The summed E-state index contributed by atoms with van der Waals surface area (Å²) in [6.07, 6.45) is 2.90. The molecule has 0 saturated carbocycles. The van der Waals surface area contributed by atoms with Crippen molar-refractivity contribution in [1.29, 1.82) is 0 Å². The Bertz CT molecular complexity index is 844. The zero-order chi connectivity index (χ0) is 19.8. The van der Waals surface area contributed by atoms with Crippen LogP contribution in [-0.2, 0) is 9.59 Å². The molecule has 0 bridgehead atoms. The van der Waals surface area contributed by atoms with Crippen molar-refractivity contribution in [3.8, 4) is 0 Å². The third kappa shape index (κ3) is 6.60. The van der Waals surface area contributed by atoms with Gasteiger partial charge in [-0.25, -0.2) is 0 Å². The summed E-state index contributed by atoms with van der Waals surface area (Å²) >= 11 is 5.79. The van der Waals surface area contributed by atoms with Crippen LogP contribution in [0.2, 0.25) is 5.02 Å². The molecule has 27 heavy (non-hydrogen) atoms. The van der Waals surface area contributed by atoms with E-state index >= 15 is 0 Å². The van der Waals surface area contributed by atoms with Gasteiger partial charge in [0.15, 0.2) is 0 Å². The normalized spacial score (nSPS) is 10.7. The molecule has 2 rings (SSSR count). The van der Waals surface area contributed by atoms with Gasteiger partial charge in [0.25, 0.3) is 11.8 Å². The minimum Gasteiger partial charge on any atom is -0.326 e. The predicted molar refractivity (Wildman–Crippen MR) is 106 cm³/mol. The number of carbonyl (C=O) groups is 3. The lowest BCUT2D eigenvalue weighted by molar-refractivity contribution is -0.119. The fraction of sp³-hybridized carbons (Fsp3) is 0.150. The molecule has 0 radical (unpaired) electrons. The first-order valence-corrected chi connectivity index (χ1v) is 8.68. The summed E-state index contributed by atoms with van der Waals surface area (Å²) in [4.78, 5) is 35.5. The third-order valence-electron chi connectivity index (χ3n) is 3.54. The molecule has 6 nitrogen and oxygen atoms in total. The average Bonchev–Trinajstić information content (AvgIpc) is 2.66. The van der Waals surface area contributed by atoms with E-state index < -0.39 is 11.8 Å². The number of amides is 3. The molecule has 0 atom stereocenters. The van der Waals surface area contributed by atoms with Crippen LogP contribution in [0, 0.1) is 5.92 Å². The average molecular weight is 386 g/mol. The molecule has 0 saturated heterocycles. The van der Waals surface area contributed by atoms with E-state index in [4.69, 9.17) is 11.6 Å². The van der Waals surface area contributed by atoms with Crippen molar-refractivity contribution < 1.29 is 14.4 Å². The Hall–Kier alpha value is -3.12. The molecule has 0 spiro atoms. The summed E-state index contributed by atoms with van der Waals surface area (Å²) in [5.41, 5.74) is 6.38. The number of anilines is 1. The van der Waals surface area contributed by atoms with Crippen LogP contribution < -0.4 is 16.2 Å². The second-order valence-corrected chi connectivity index (χ2v) is 6.49. The van der Waals surface area contributed by atoms with Gasteiger partial charge in [-0.05, 0) is 48.0 Å². The Morgan fingerprint density at radius 1 is 0.926 bits per heavy atom. The van der Waals surface area contributed by atoms with Gasteiger partial charge in [0.05, 0.1) is 0 Å². The number of nitrogens with one attached hydrogen (secondary N) is 3. The van der Waals surface area contributed by atoms with Crippen molar-refractivity contribution in [1.82, 2.24) is 10.9 Å². The zero-order valence-electron chi connectivity index (χ0n) is 15.0. The number of rotatable bonds is 5. The number of halogens is 1. The molecule has 0 aliphatic heterocycles. The smallest absolute Gasteiger partial charge is 0.269 e. The van der Waals surface area contributed by atoms with Gasteiger partial charge >= 0.3 is 0 Å². The molecule has 0 heterocycles. The molecule has 0 unspecified atom stereocenters. The summed E-state index contributed by atoms with van der Waals surface area (Å²) < 4.78 is 0. The Morgan fingerprint density at radius 2 is 1.56 bits per heavy atom. The fourth-order valence-electron chi connectivity index (χ4n) is 1.97. The molecule has 0 aliphatic carbocycles. The van der Waals surface area contributed by atoms with Crippen LogP contribution >= 0.6 is 11.6 Å². The number of benzene rings is 2. The first-order valence-electron chi connectivity index (χ1n) is 8.30. The summed E-state index contributed by atoms with van der Waals surface area (Å²) in [6.45, 7) is 3.59. The topological polar surface area (TPSA) is 87.3 Å². The van der Waals surface area contributed by atoms with E-state index in [9.17, 15) is 14.4 Å². The lowest BCUT2D eigenvalue weighted by Gasteiger charge is -2.09. The van der Waals surface area contributed by atoms with Crippen molar-refractivity contribution in [3.05, 3.63) is 70.8 Å². The first-order chi connectivity index (χ1) is 12.8. The van der Waals surface area contributed by atoms with Crippen molar-refractivity contribution in [3.63, 3.8) is 0 Å². The van der Waals surface area contributed by atoms with Crippen molar-refractivity contribution in [2.75, 3.05) is 5.32 Å². The van der Waals surface area contributed by atoms with Crippen LogP contribution in [0.3, 0.4) is 0 Å². The largest absolute Gasteiger partial charge is 0.326 e. The van der Waals surface area contributed by atoms with E-state index in [1.165, 1.54) is 6.08 Å². The molecule has 3 N–H and O–H groups in total. The lowest BCUT2D eigenvalue weighted by atomic mass is 10.1. The Balaban J connectivity index is 1.85. The van der Waals surface area contributed by atoms with E-state index in [0.717, 1.165) is 5.56 Å². The van der Waals surface area contributed by atoms with Crippen molar-refractivity contribution in [2.45, 2.75) is 13.8 Å². The van der Waals surface area contributed by atoms with Gasteiger partial charge in [-0.3, -0.25) is 25.2 Å². The van der Waals surface area contributed by atoms with Gasteiger partial charge in [0, 0.05) is 28.3 Å². The van der Waals surface area contributed by atoms with Crippen LogP contribution in [0.4, 0.5) is 5.69 Å². The number of hydrazine groups is 1. The quantitative estimate of drug-likeness (QED) is 0.544. The summed E-state index contributed by atoms with van der Waals surface area (Å²) in [6, 6.07) is 13.3.